The van der Waals surface area contributed by atoms with Crippen LogP contribution in [0.3, 0.4) is 0 Å². The minimum Gasteiger partial charge on any atom is -0.449 e. The van der Waals surface area contributed by atoms with Crippen molar-refractivity contribution in [3.63, 3.8) is 0 Å². The highest BCUT2D eigenvalue weighted by Crippen LogP contribution is 2.32. The number of hydrogen-bond acceptors (Lipinski definition) is 3. The Morgan fingerprint density at radius 3 is 2.62 bits per heavy atom. The van der Waals surface area contributed by atoms with Gasteiger partial charge in [0.15, 0.2) is 0 Å². The summed E-state index contributed by atoms with van der Waals surface area (Å²) >= 11 is 0. The van der Waals surface area contributed by atoms with Gasteiger partial charge in [0, 0.05) is 23.7 Å². The number of hydrogen-bond donors (Lipinski definition) is 0. The molecule has 1 aliphatic heterocycles. The van der Waals surface area contributed by atoms with Crippen molar-refractivity contribution in [2.24, 2.45) is 0 Å². The van der Waals surface area contributed by atoms with Gasteiger partial charge < -0.3 is 9.64 Å². The van der Waals surface area contributed by atoms with Crippen molar-refractivity contribution in [1.82, 2.24) is 9.47 Å². The minimum atomic E-state index is -0.434. The maximum atomic E-state index is 13.2. The van der Waals surface area contributed by atoms with E-state index in [-0.39, 0.29) is 18.3 Å². The van der Waals surface area contributed by atoms with E-state index in [1.165, 1.54) is 24.3 Å². The number of aromatic nitrogens is 1. The van der Waals surface area contributed by atoms with E-state index in [4.69, 9.17) is 4.74 Å². The molecule has 0 unspecified atom stereocenters. The lowest BCUT2D eigenvalue weighted by molar-refractivity contribution is 0.0825. The number of ether oxygens (including phenoxy) is 1. The second kappa shape index (κ2) is 7.54. The van der Waals surface area contributed by atoms with Gasteiger partial charge in [-0.2, -0.15) is 0 Å². The van der Waals surface area contributed by atoms with Crippen LogP contribution in [0.15, 0.2) is 48.7 Å². The Labute approximate surface area is 168 Å². The summed E-state index contributed by atoms with van der Waals surface area (Å²) in [6.07, 6.45) is 3.61. The molecule has 1 aliphatic rings. The van der Waals surface area contributed by atoms with Crippen molar-refractivity contribution in [1.29, 1.82) is 0 Å². The molecule has 1 aromatic heterocycles. The van der Waals surface area contributed by atoms with Crippen LogP contribution in [0.1, 0.15) is 34.1 Å². The third-order valence-corrected chi connectivity index (χ3v) is 5.15. The zero-order valence-corrected chi connectivity index (χ0v) is 16.3. The van der Waals surface area contributed by atoms with Gasteiger partial charge in [0.25, 0.3) is 5.91 Å². The van der Waals surface area contributed by atoms with Crippen molar-refractivity contribution >= 4 is 29.0 Å². The van der Waals surface area contributed by atoms with Crippen molar-refractivity contribution in [3.8, 4) is 0 Å². The molecule has 0 bridgehead atoms. The van der Waals surface area contributed by atoms with Crippen LogP contribution in [0.5, 0.6) is 0 Å². The van der Waals surface area contributed by atoms with E-state index < -0.39 is 6.09 Å². The standard InChI is InChI=1S/C23H21FN2O3/c1-3-29-23(28)26-20-12-14-25(22(27)16-7-9-17(24)10-8-16)13-11-18(20)19-6-4-5-15(2)21(19)26/h4-10,12,14H,3,11,13H2,1-2H3. The third-order valence-electron chi connectivity index (χ3n) is 5.15. The van der Waals surface area contributed by atoms with Gasteiger partial charge in [-0.15, -0.1) is 0 Å². The fourth-order valence-electron chi connectivity index (χ4n) is 3.80. The summed E-state index contributed by atoms with van der Waals surface area (Å²) < 4.78 is 20.0. The van der Waals surface area contributed by atoms with Crippen LogP contribution in [0.4, 0.5) is 9.18 Å². The molecule has 2 aromatic carbocycles. The van der Waals surface area contributed by atoms with Gasteiger partial charge in [-0.05, 0) is 61.7 Å². The van der Waals surface area contributed by atoms with Crippen LogP contribution in [0.2, 0.25) is 0 Å². The highest BCUT2D eigenvalue weighted by Gasteiger charge is 2.25. The molecule has 1 amide bonds. The van der Waals surface area contributed by atoms with Crippen LogP contribution in [0, 0.1) is 12.7 Å². The first-order valence-electron chi connectivity index (χ1n) is 9.56. The number of rotatable bonds is 2. The summed E-state index contributed by atoms with van der Waals surface area (Å²) in [4.78, 5) is 27.1. The molecule has 0 saturated carbocycles. The van der Waals surface area contributed by atoms with E-state index in [0.29, 0.717) is 18.5 Å². The molecule has 0 atom stereocenters. The van der Waals surface area contributed by atoms with E-state index in [9.17, 15) is 14.0 Å². The van der Waals surface area contributed by atoms with Gasteiger partial charge >= 0.3 is 6.09 Å². The second-order valence-corrected chi connectivity index (χ2v) is 6.94. The number of fused-ring (bicyclic) bond motifs is 3. The minimum absolute atomic E-state index is 0.213. The Balaban J connectivity index is 1.78. The lowest BCUT2D eigenvalue weighted by Gasteiger charge is -2.17. The fraction of sp³-hybridized carbons (Fsp3) is 0.217. The number of halogens is 1. The quantitative estimate of drug-likeness (QED) is 0.632. The first kappa shape index (κ1) is 18.9. The fourth-order valence-corrected chi connectivity index (χ4v) is 3.80. The van der Waals surface area contributed by atoms with Crippen LogP contribution >= 0.6 is 0 Å². The molecule has 0 N–H and O–H groups in total. The molecular formula is C23H21FN2O3. The topological polar surface area (TPSA) is 51.5 Å². The Morgan fingerprint density at radius 2 is 1.90 bits per heavy atom. The molecule has 4 rings (SSSR count). The SMILES string of the molecule is CCOC(=O)n1c2c(c3cccc(C)c31)CCN(C(=O)c1ccc(F)cc1)C=C2. The molecule has 0 radical (unpaired) electrons. The highest BCUT2D eigenvalue weighted by molar-refractivity contribution is 5.99. The number of nitrogens with zero attached hydrogens (tertiary/aromatic N) is 2. The number of carbonyl (C=O) groups is 2. The molecule has 29 heavy (non-hydrogen) atoms. The zero-order chi connectivity index (χ0) is 20.5. The van der Waals surface area contributed by atoms with Gasteiger partial charge in [0.2, 0.25) is 0 Å². The Bertz CT molecular complexity index is 1130. The van der Waals surface area contributed by atoms with Gasteiger partial charge in [-0.25, -0.2) is 13.8 Å². The van der Waals surface area contributed by atoms with Crippen LogP contribution in [0.25, 0.3) is 17.0 Å². The maximum Gasteiger partial charge on any atom is 0.418 e. The third kappa shape index (κ3) is 3.31. The first-order valence-corrected chi connectivity index (χ1v) is 9.56. The molecular weight excluding hydrogens is 371 g/mol. The molecule has 2 heterocycles. The summed E-state index contributed by atoms with van der Waals surface area (Å²) in [5, 5.41) is 0.980. The normalized spacial score (nSPS) is 13.3. The lowest BCUT2D eigenvalue weighted by atomic mass is 10.1. The lowest BCUT2D eigenvalue weighted by Crippen LogP contribution is -2.27. The van der Waals surface area contributed by atoms with E-state index in [1.54, 1.807) is 28.7 Å². The molecule has 3 aromatic rings. The van der Waals surface area contributed by atoms with E-state index in [2.05, 4.69) is 0 Å². The predicted molar refractivity (Wildman–Crippen MR) is 109 cm³/mol. The van der Waals surface area contributed by atoms with E-state index >= 15 is 0 Å². The van der Waals surface area contributed by atoms with Crippen LogP contribution < -0.4 is 0 Å². The van der Waals surface area contributed by atoms with Crippen molar-refractivity contribution in [2.75, 3.05) is 13.2 Å². The predicted octanol–water partition coefficient (Wildman–Crippen LogP) is 4.76. The molecule has 0 aliphatic carbocycles. The van der Waals surface area contributed by atoms with Gasteiger partial charge in [0.05, 0.1) is 17.8 Å². The number of benzene rings is 2. The summed E-state index contributed by atoms with van der Waals surface area (Å²) in [5.74, 6) is -0.597. The Morgan fingerprint density at radius 1 is 1.14 bits per heavy atom. The number of amides is 1. The molecule has 148 valence electrons. The summed E-state index contributed by atoms with van der Waals surface area (Å²) in [5.41, 5.74) is 3.95. The van der Waals surface area contributed by atoms with Crippen LogP contribution in [-0.2, 0) is 11.2 Å². The van der Waals surface area contributed by atoms with E-state index in [1.807, 2.05) is 25.1 Å². The van der Waals surface area contributed by atoms with Crippen molar-refractivity contribution in [2.45, 2.75) is 20.3 Å². The number of aryl methyl sites for hydroxylation is 1. The van der Waals surface area contributed by atoms with Crippen LogP contribution in [-0.4, -0.2) is 34.6 Å². The molecule has 0 spiro atoms. The molecule has 5 nitrogen and oxygen atoms in total. The smallest absolute Gasteiger partial charge is 0.418 e. The molecule has 0 fully saturated rings. The second-order valence-electron chi connectivity index (χ2n) is 6.94. The molecule has 6 heteroatoms. The Kier molecular flexibility index (Phi) is 4.92. The first-order chi connectivity index (χ1) is 14.0. The largest absolute Gasteiger partial charge is 0.449 e. The van der Waals surface area contributed by atoms with Gasteiger partial charge in [-0.1, -0.05) is 18.2 Å². The monoisotopic (exact) mass is 392 g/mol. The van der Waals surface area contributed by atoms with E-state index in [0.717, 1.165) is 27.7 Å². The van der Waals surface area contributed by atoms with Crippen molar-refractivity contribution in [3.05, 3.63) is 76.9 Å². The molecule has 0 saturated heterocycles. The number of para-hydroxylation sites is 1. The summed E-state index contributed by atoms with van der Waals surface area (Å²) in [6, 6.07) is 11.4. The highest BCUT2D eigenvalue weighted by atomic mass is 19.1. The average molecular weight is 392 g/mol. The maximum absolute atomic E-state index is 13.2. The van der Waals surface area contributed by atoms with Crippen molar-refractivity contribution < 1.29 is 18.7 Å². The Hall–Kier alpha value is -3.41. The van der Waals surface area contributed by atoms with Gasteiger partial charge in [-0.3, -0.25) is 4.79 Å². The zero-order valence-electron chi connectivity index (χ0n) is 16.3. The summed E-state index contributed by atoms with van der Waals surface area (Å²) in [7, 11) is 0. The summed E-state index contributed by atoms with van der Waals surface area (Å²) in [6.45, 7) is 4.47. The number of carbonyl (C=O) groups excluding carboxylic acids is 2. The van der Waals surface area contributed by atoms with Gasteiger partial charge in [0.1, 0.15) is 5.82 Å². The average Bonchev–Trinajstić information content (AvgIpc) is 2.88.